The average Bonchev–Trinajstić information content (AvgIpc) is 2.75. The first-order valence-electron chi connectivity index (χ1n) is 4.53. The lowest BCUT2D eigenvalue weighted by atomic mass is 10.3. The summed E-state index contributed by atoms with van der Waals surface area (Å²) in [4.78, 5) is 13.1. The molecule has 16 heavy (non-hydrogen) atoms. The first-order valence-corrected chi connectivity index (χ1v) is 5.35. The van der Waals surface area contributed by atoms with Crippen molar-refractivity contribution >= 4 is 28.9 Å². The number of nitrogens with two attached hydrogens (primary N) is 1. The summed E-state index contributed by atoms with van der Waals surface area (Å²) in [6, 6.07) is 1.71. The molecule has 2 rings (SSSR count). The maximum absolute atomic E-state index is 11.7. The SMILES string of the molecule is Cc1nnc(NC(=O)c2cc(N)c(C)s2)o1. The summed E-state index contributed by atoms with van der Waals surface area (Å²) in [5.74, 6) is 0.102. The molecule has 0 bridgehead atoms. The molecule has 84 valence electrons. The lowest BCUT2D eigenvalue weighted by Gasteiger charge is -1.95. The molecule has 0 aromatic carbocycles. The minimum Gasteiger partial charge on any atom is -0.408 e. The minimum atomic E-state index is -0.298. The van der Waals surface area contributed by atoms with Crippen LogP contribution < -0.4 is 11.1 Å². The van der Waals surface area contributed by atoms with Gasteiger partial charge in [-0.1, -0.05) is 5.10 Å². The fraction of sp³-hybridized carbons (Fsp3) is 0.222. The number of thiophene rings is 1. The molecule has 7 heteroatoms. The van der Waals surface area contributed by atoms with Gasteiger partial charge in [0.1, 0.15) is 0 Å². The van der Waals surface area contributed by atoms with Gasteiger partial charge in [0, 0.05) is 17.5 Å². The largest absolute Gasteiger partial charge is 0.408 e. The van der Waals surface area contributed by atoms with E-state index in [0.717, 1.165) is 4.88 Å². The fourth-order valence-electron chi connectivity index (χ4n) is 1.11. The molecule has 0 spiro atoms. The molecule has 0 radical (unpaired) electrons. The Morgan fingerprint density at radius 1 is 1.50 bits per heavy atom. The summed E-state index contributed by atoms with van der Waals surface area (Å²) in [6.45, 7) is 3.50. The molecular weight excluding hydrogens is 228 g/mol. The molecule has 6 nitrogen and oxygen atoms in total. The van der Waals surface area contributed by atoms with Gasteiger partial charge in [0.2, 0.25) is 5.89 Å². The lowest BCUT2D eigenvalue weighted by molar-refractivity contribution is 0.102. The number of hydrogen-bond acceptors (Lipinski definition) is 6. The number of hydrogen-bond donors (Lipinski definition) is 2. The fourth-order valence-corrected chi connectivity index (χ4v) is 1.95. The summed E-state index contributed by atoms with van der Waals surface area (Å²) in [6.07, 6.45) is 0. The Kier molecular flexibility index (Phi) is 2.61. The number of aromatic nitrogens is 2. The van der Waals surface area contributed by atoms with Gasteiger partial charge >= 0.3 is 6.01 Å². The number of nitrogens with zero attached hydrogens (tertiary/aromatic N) is 2. The third-order valence-electron chi connectivity index (χ3n) is 1.93. The maximum atomic E-state index is 11.7. The number of nitrogen functional groups attached to an aromatic ring is 1. The van der Waals surface area contributed by atoms with Crippen LogP contribution >= 0.6 is 11.3 Å². The van der Waals surface area contributed by atoms with Gasteiger partial charge in [-0.3, -0.25) is 10.1 Å². The number of carbonyl (C=O) groups excluding carboxylic acids is 1. The topological polar surface area (TPSA) is 94.0 Å². The third-order valence-corrected chi connectivity index (χ3v) is 2.99. The molecule has 0 aliphatic heterocycles. The summed E-state index contributed by atoms with van der Waals surface area (Å²) in [7, 11) is 0. The molecule has 0 saturated carbocycles. The Labute approximate surface area is 95.5 Å². The van der Waals surface area contributed by atoms with Crippen LogP contribution in [-0.4, -0.2) is 16.1 Å². The van der Waals surface area contributed by atoms with Crippen molar-refractivity contribution in [3.63, 3.8) is 0 Å². The number of carbonyl (C=O) groups is 1. The molecule has 0 aliphatic rings. The smallest absolute Gasteiger partial charge is 0.322 e. The van der Waals surface area contributed by atoms with Gasteiger partial charge in [0.05, 0.1) is 4.88 Å². The van der Waals surface area contributed by atoms with Crippen LogP contribution in [0.4, 0.5) is 11.7 Å². The van der Waals surface area contributed by atoms with Crippen molar-refractivity contribution in [3.05, 3.63) is 21.7 Å². The summed E-state index contributed by atoms with van der Waals surface area (Å²) < 4.78 is 5.03. The van der Waals surface area contributed by atoms with Crippen molar-refractivity contribution in [2.45, 2.75) is 13.8 Å². The zero-order chi connectivity index (χ0) is 11.7. The Bertz CT molecular complexity index is 512. The Balaban J connectivity index is 2.14. The number of nitrogens with one attached hydrogen (secondary N) is 1. The van der Waals surface area contributed by atoms with Crippen LogP contribution in [0.3, 0.4) is 0 Å². The van der Waals surface area contributed by atoms with E-state index in [2.05, 4.69) is 15.5 Å². The summed E-state index contributed by atoms with van der Waals surface area (Å²) in [5, 5.41) is 9.76. The van der Waals surface area contributed by atoms with Crippen LogP contribution in [0.25, 0.3) is 0 Å². The van der Waals surface area contributed by atoms with Crippen LogP contribution in [0.1, 0.15) is 20.4 Å². The maximum Gasteiger partial charge on any atom is 0.322 e. The molecule has 0 fully saturated rings. The van der Waals surface area contributed by atoms with Crippen molar-refractivity contribution in [3.8, 4) is 0 Å². The minimum absolute atomic E-state index is 0.0899. The van der Waals surface area contributed by atoms with Crippen LogP contribution in [0, 0.1) is 13.8 Å². The molecule has 0 saturated heterocycles. The first kappa shape index (κ1) is 10.6. The second-order valence-corrected chi connectivity index (χ2v) is 4.46. The van der Waals surface area contributed by atoms with Crippen molar-refractivity contribution in [1.82, 2.24) is 10.2 Å². The highest BCUT2D eigenvalue weighted by Gasteiger charge is 2.13. The second kappa shape index (κ2) is 3.93. The number of amides is 1. The van der Waals surface area contributed by atoms with Gasteiger partial charge in [-0.25, -0.2) is 0 Å². The van der Waals surface area contributed by atoms with E-state index in [1.165, 1.54) is 11.3 Å². The van der Waals surface area contributed by atoms with Crippen molar-refractivity contribution in [1.29, 1.82) is 0 Å². The lowest BCUT2D eigenvalue weighted by Crippen LogP contribution is -2.10. The molecule has 0 aliphatic carbocycles. The number of anilines is 2. The van der Waals surface area contributed by atoms with Gasteiger partial charge in [-0.2, -0.15) is 0 Å². The van der Waals surface area contributed by atoms with Gasteiger partial charge in [-0.05, 0) is 13.0 Å². The van der Waals surface area contributed by atoms with Crippen LogP contribution in [0.5, 0.6) is 0 Å². The average molecular weight is 238 g/mol. The molecule has 0 unspecified atom stereocenters. The van der Waals surface area contributed by atoms with Crippen LogP contribution in [-0.2, 0) is 0 Å². The van der Waals surface area contributed by atoms with E-state index in [9.17, 15) is 4.79 Å². The zero-order valence-corrected chi connectivity index (χ0v) is 9.59. The van der Waals surface area contributed by atoms with E-state index >= 15 is 0 Å². The highest BCUT2D eigenvalue weighted by molar-refractivity contribution is 7.14. The van der Waals surface area contributed by atoms with Crippen molar-refractivity contribution in [2.24, 2.45) is 0 Å². The van der Waals surface area contributed by atoms with Crippen LogP contribution in [0.15, 0.2) is 10.5 Å². The Morgan fingerprint density at radius 3 is 2.75 bits per heavy atom. The van der Waals surface area contributed by atoms with E-state index < -0.39 is 0 Å². The molecule has 3 N–H and O–H groups in total. The molecule has 2 aromatic heterocycles. The zero-order valence-electron chi connectivity index (χ0n) is 8.77. The predicted octanol–water partition coefficient (Wildman–Crippen LogP) is 1.58. The van der Waals surface area contributed by atoms with E-state index in [1.807, 2.05) is 6.92 Å². The molecule has 2 heterocycles. The molecule has 0 atom stereocenters. The third kappa shape index (κ3) is 2.03. The standard InChI is InChI=1S/C9H10N4O2S/c1-4-6(10)3-7(16-4)8(14)11-9-13-12-5(2)15-9/h3H,10H2,1-2H3,(H,11,13,14). The van der Waals surface area contributed by atoms with Gasteiger partial charge < -0.3 is 10.2 Å². The molecular formula is C9H10N4O2S. The predicted molar refractivity (Wildman–Crippen MR) is 60.5 cm³/mol. The first-order chi connectivity index (χ1) is 7.56. The molecule has 2 aromatic rings. The van der Waals surface area contributed by atoms with Gasteiger partial charge in [-0.15, -0.1) is 16.4 Å². The van der Waals surface area contributed by atoms with E-state index in [4.69, 9.17) is 10.2 Å². The van der Waals surface area contributed by atoms with Crippen LogP contribution in [0.2, 0.25) is 0 Å². The Hall–Kier alpha value is -1.89. The highest BCUT2D eigenvalue weighted by Crippen LogP contribution is 2.24. The normalized spacial score (nSPS) is 10.4. The summed E-state index contributed by atoms with van der Waals surface area (Å²) in [5.41, 5.74) is 6.26. The van der Waals surface area contributed by atoms with Gasteiger partial charge in [0.25, 0.3) is 5.91 Å². The summed E-state index contributed by atoms with van der Waals surface area (Å²) >= 11 is 1.32. The second-order valence-electron chi connectivity index (χ2n) is 3.20. The van der Waals surface area contributed by atoms with Crippen molar-refractivity contribution < 1.29 is 9.21 Å². The van der Waals surface area contributed by atoms with Gasteiger partial charge in [0.15, 0.2) is 0 Å². The molecule has 1 amide bonds. The monoisotopic (exact) mass is 238 g/mol. The number of rotatable bonds is 2. The quantitative estimate of drug-likeness (QED) is 0.828. The Morgan fingerprint density at radius 2 is 2.25 bits per heavy atom. The van der Waals surface area contributed by atoms with E-state index in [1.54, 1.807) is 13.0 Å². The van der Waals surface area contributed by atoms with Crippen molar-refractivity contribution in [2.75, 3.05) is 11.1 Å². The highest BCUT2D eigenvalue weighted by atomic mass is 32.1. The van der Waals surface area contributed by atoms with E-state index in [-0.39, 0.29) is 11.9 Å². The number of aryl methyl sites for hydroxylation is 2. The van der Waals surface area contributed by atoms with E-state index in [0.29, 0.717) is 16.5 Å².